The highest BCUT2D eigenvalue weighted by Gasteiger charge is 2.64. The molecule has 0 aliphatic heterocycles. The number of aromatic nitrogens is 2. The summed E-state index contributed by atoms with van der Waals surface area (Å²) in [6.45, 7) is 8.47. The van der Waals surface area contributed by atoms with Crippen molar-refractivity contribution in [3.8, 4) is 6.07 Å². The number of nitrogens with zero attached hydrogens (tertiary/aromatic N) is 3. The third-order valence-electron chi connectivity index (χ3n) is 11.2. The van der Waals surface area contributed by atoms with E-state index in [1.165, 1.54) is 19.3 Å². The first-order valence-electron chi connectivity index (χ1n) is 13.5. The van der Waals surface area contributed by atoms with E-state index in [0.717, 1.165) is 38.6 Å². The number of methoxy groups -OCH3 is 1. The zero-order valence-electron chi connectivity index (χ0n) is 21.4. The van der Waals surface area contributed by atoms with Crippen LogP contribution in [0.5, 0.6) is 0 Å². The highest BCUT2D eigenvalue weighted by molar-refractivity contribution is 5.21. The maximum absolute atomic E-state index is 11.7. The first kappa shape index (κ1) is 24.3. The summed E-state index contributed by atoms with van der Waals surface area (Å²) < 4.78 is 7.29. The molecule has 0 radical (unpaired) electrons. The van der Waals surface area contributed by atoms with Gasteiger partial charge in [-0.25, -0.2) is 0 Å². The fourth-order valence-electron chi connectivity index (χ4n) is 9.76. The fraction of sp³-hybridized carbons (Fsp3) is 0.857. The van der Waals surface area contributed by atoms with E-state index in [-0.39, 0.29) is 16.9 Å². The lowest BCUT2D eigenvalue weighted by Gasteiger charge is -2.63. The van der Waals surface area contributed by atoms with Crippen molar-refractivity contribution in [2.45, 2.75) is 90.4 Å². The van der Waals surface area contributed by atoms with E-state index in [1.54, 1.807) is 13.3 Å². The second-order valence-corrected chi connectivity index (χ2v) is 12.9. The number of hydrogen-bond acceptors (Lipinski definition) is 5. The largest absolute Gasteiger partial charge is 0.393 e. The van der Waals surface area contributed by atoms with Crippen LogP contribution in [0, 0.1) is 57.7 Å². The van der Waals surface area contributed by atoms with Gasteiger partial charge in [0.25, 0.3) is 0 Å². The van der Waals surface area contributed by atoms with Crippen molar-refractivity contribution < 1.29 is 14.9 Å². The van der Waals surface area contributed by atoms with Crippen molar-refractivity contribution in [2.24, 2.45) is 46.3 Å². The average Bonchev–Trinajstić information content (AvgIpc) is 3.37. The molecule has 4 aliphatic carbocycles. The Morgan fingerprint density at radius 1 is 1.21 bits per heavy atom. The summed E-state index contributed by atoms with van der Waals surface area (Å²) in [4.78, 5) is 0. The molecule has 188 valence electrons. The van der Waals surface area contributed by atoms with E-state index >= 15 is 0 Å². The van der Waals surface area contributed by atoms with Gasteiger partial charge in [-0.15, -0.1) is 0 Å². The molecule has 10 atom stereocenters. The number of rotatable bonds is 5. The molecule has 1 heterocycles. The van der Waals surface area contributed by atoms with Crippen LogP contribution >= 0.6 is 0 Å². The van der Waals surface area contributed by atoms with Gasteiger partial charge in [0.15, 0.2) is 0 Å². The normalized spacial score (nSPS) is 46.7. The van der Waals surface area contributed by atoms with Gasteiger partial charge in [-0.2, -0.15) is 10.4 Å². The fourth-order valence-corrected chi connectivity index (χ4v) is 9.76. The van der Waals surface area contributed by atoms with Gasteiger partial charge in [-0.05, 0) is 97.7 Å². The molecule has 4 aliphatic rings. The quantitative estimate of drug-likeness (QED) is 0.667. The number of aliphatic hydroxyl groups excluding tert-OH is 1. The lowest BCUT2D eigenvalue weighted by atomic mass is 9.43. The summed E-state index contributed by atoms with van der Waals surface area (Å²) in [7, 11) is 1.68. The average molecular weight is 470 g/mol. The van der Waals surface area contributed by atoms with Crippen LogP contribution in [0.2, 0.25) is 0 Å². The number of nitriles is 1. The summed E-state index contributed by atoms with van der Waals surface area (Å²) in [5.74, 6) is 3.07. The topological polar surface area (TPSA) is 91.3 Å². The summed E-state index contributed by atoms with van der Waals surface area (Å²) in [6.07, 6.45) is 11.5. The molecule has 0 amide bonds. The molecule has 0 bridgehead atoms. The Morgan fingerprint density at radius 3 is 2.71 bits per heavy atom. The molecule has 5 rings (SSSR count). The van der Waals surface area contributed by atoms with Crippen LogP contribution < -0.4 is 0 Å². The first-order chi connectivity index (χ1) is 16.1. The number of aliphatic hydroxyl groups is 2. The molecule has 1 unspecified atom stereocenters. The Bertz CT molecular complexity index is 942. The first-order valence-corrected chi connectivity index (χ1v) is 13.5. The van der Waals surface area contributed by atoms with E-state index in [0.29, 0.717) is 47.7 Å². The van der Waals surface area contributed by atoms with Crippen molar-refractivity contribution >= 4 is 0 Å². The smallest absolute Gasteiger partial charge is 0.102 e. The van der Waals surface area contributed by atoms with E-state index in [2.05, 4.69) is 31.9 Å². The molecule has 6 nitrogen and oxygen atoms in total. The summed E-state index contributed by atoms with van der Waals surface area (Å²) in [5.41, 5.74) is 0.176. The molecule has 4 fully saturated rings. The molecule has 34 heavy (non-hydrogen) atoms. The van der Waals surface area contributed by atoms with Crippen LogP contribution in [0.25, 0.3) is 0 Å². The molecular formula is C28H43N3O3. The molecule has 6 heteroatoms. The van der Waals surface area contributed by atoms with Crippen molar-refractivity contribution in [1.29, 1.82) is 5.26 Å². The molecule has 1 aromatic rings. The third kappa shape index (κ3) is 3.74. The van der Waals surface area contributed by atoms with Crippen molar-refractivity contribution in [3.63, 3.8) is 0 Å². The monoisotopic (exact) mass is 469 g/mol. The molecule has 0 spiro atoms. The Balaban J connectivity index is 1.35. The van der Waals surface area contributed by atoms with E-state index in [9.17, 15) is 10.2 Å². The lowest BCUT2D eigenvalue weighted by Crippen LogP contribution is -2.61. The molecular weight excluding hydrogens is 426 g/mol. The predicted octanol–water partition coefficient (Wildman–Crippen LogP) is 4.40. The summed E-state index contributed by atoms with van der Waals surface area (Å²) in [6, 6.07) is 2.18. The van der Waals surface area contributed by atoms with Crippen LogP contribution in [0.3, 0.4) is 0 Å². The van der Waals surface area contributed by atoms with E-state index in [4.69, 9.17) is 10.00 Å². The highest BCUT2D eigenvalue weighted by atomic mass is 16.5. The van der Waals surface area contributed by atoms with Gasteiger partial charge in [-0.1, -0.05) is 20.8 Å². The van der Waals surface area contributed by atoms with Gasteiger partial charge >= 0.3 is 0 Å². The Labute approximate surface area is 204 Å². The maximum Gasteiger partial charge on any atom is 0.102 e. The number of ether oxygens (including phenoxy) is 1. The summed E-state index contributed by atoms with van der Waals surface area (Å²) >= 11 is 0. The van der Waals surface area contributed by atoms with Crippen molar-refractivity contribution in [3.05, 3.63) is 18.0 Å². The van der Waals surface area contributed by atoms with E-state index < -0.39 is 5.60 Å². The minimum absolute atomic E-state index is 0.107. The van der Waals surface area contributed by atoms with E-state index in [1.807, 2.05) is 10.9 Å². The molecule has 2 N–H and O–H groups in total. The zero-order chi connectivity index (χ0) is 24.3. The SMILES string of the molecule is COC[C@@]1(O)CC[C@@]2(C)[C@H](CC[C@@H]3[C@@H]2[C@H](O)C[C@]2(C)[C@@H](C(C)Cn4cc(C#N)cn4)CC[C@@H]32)C1. The van der Waals surface area contributed by atoms with Gasteiger partial charge in [0.05, 0.1) is 30.1 Å². The van der Waals surface area contributed by atoms with Crippen LogP contribution in [0.15, 0.2) is 12.4 Å². The highest BCUT2D eigenvalue weighted by Crippen LogP contribution is 2.68. The Kier molecular flexibility index (Phi) is 6.15. The van der Waals surface area contributed by atoms with Gasteiger partial charge in [-0.3, -0.25) is 4.68 Å². The Hall–Kier alpha value is -1.42. The predicted molar refractivity (Wildman–Crippen MR) is 130 cm³/mol. The minimum atomic E-state index is -0.703. The second-order valence-electron chi connectivity index (χ2n) is 12.9. The Morgan fingerprint density at radius 2 is 2.00 bits per heavy atom. The number of fused-ring (bicyclic) bond motifs is 5. The van der Waals surface area contributed by atoms with Gasteiger partial charge < -0.3 is 14.9 Å². The minimum Gasteiger partial charge on any atom is -0.393 e. The second kappa shape index (κ2) is 8.61. The molecule has 0 aromatic carbocycles. The zero-order valence-corrected chi connectivity index (χ0v) is 21.4. The van der Waals surface area contributed by atoms with Crippen LogP contribution in [-0.4, -0.2) is 45.4 Å². The van der Waals surface area contributed by atoms with Crippen LogP contribution in [0.4, 0.5) is 0 Å². The van der Waals surface area contributed by atoms with Gasteiger partial charge in [0, 0.05) is 19.9 Å². The van der Waals surface area contributed by atoms with Gasteiger partial charge in [0.2, 0.25) is 0 Å². The third-order valence-corrected chi connectivity index (χ3v) is 11.2. The lowest BCUT2D eigenvalue weighted by molar-refractivity contribution is -0.198. The molecule has 4 saturated carbocycles. The number of hydrogen-bond donors (Lipinski definition) is 2. The van der Waals surface area contributed by atoms with Crippen molar-refractivity contribution in [1.82, 2.24) is 9.78 Å². The van der Waals surface area contributed by atoms with Gasteiger partial charge in [0.1, 0.15) is 6.07 Å². The van der Waals surface area contributed by atoms with Crippen LogP contribution in [0.1, 0.15) is 77.7 Å². The molecule has 1 aromatic heterocycles. The summed E-state index contributed by atoms with van der Waals surface area (Å²) in [5, 5.41) is 36.4. The molecule has 0 saturated heterocycles. The maximum atomic E-state index is 11.7. The standard InChI is InChI=1S/C28H43N3O3/c1-18(15-31-16-19(13-29)14-30-31)22-7-8-23-21-6-5-20-11-28(33,17-34-4)10-9-26(20,2)25(21)24(32)12-27(22,23)3/h14,16,18,20-25,32-33H,5-12,15,17H2,1-4H3/t18?,20-,21+,22-,23+,24-,25-,26+,27-,28-/m1/s1. The van der Waals surface area contributed by atoms with Crippen molar-refractivity contribution in [2.75, 3.05) is 13.7 Å². The van der Waals surface area contributed by atoms with Crippen LogP contribution in [-0.2, 0) is 11.3 Å².